The van der Waals surface area contributed by atoms with Gasteiger partial charge in [0.15, 0.2) is 6.10 Å². The van der Waals surface area contributed by atoms with Gasteiger partial charge in [0.2, 0.25) is 0 Å². The van der Waals surface area contributed by atoms with Crippen molar-refractivity contribution >= 4 is 5.97 Å². The summed E-state index contributed by atoms with van der Waals surface area (Å²) >= 11 is 0. The third-order valence-corrected chi connectivity index (χ3v) is 1.79. The zero-order valence-corrected chi connectivity index (χ0v) is 7.80. The van der Waals surface area contributed by atoms with E-state index in [2.05, 4.69) is 0 Å². The molecule has 76 valence electrons. The van der Waals surface area contributed by atoms with Gasteiger partial charge >= 0.3 is 5.97 Å². The molecule has 0 unspecified atom stereocenters. The van der Waals surface area contributed by atoms with Gasteiger partial charge in [0.25, 0.3) is 0 Å². The number of aliphatic carboxylic acids is 1. The van der Waals surface area contributed by atoms with Crippen LogP contribution in [0.4, 0.5) is 0 Å². The highest BCUT2D eigenvalue weighted by Gasteiger charge is 2.13. The van der Waals surface area contributed by atoms with Gasteiger partial charge in [-0.15, -0.1) is 0 Å². The van der Waals surface area contributed by atoms with Crippen molar-refractivity contribution < 1.29 is 19.7 Å². The zero-order chi connectivity index (χ0) is 10.6. The lowest BCUT2D eigenvalue weighted by Crippen LogP contribution is -2.23. The number of aliphatic hydroxyl groups excluding tert-OH is 1. The Morgan fingerprint density at radius 3 is 2.71 bits per heavy atom. The molecule has 0 aromatic heterocycles. The highest BCUT2D eigenvalue weighted by Crippen LogP contribution is 2.18. The van der Waals surface area contributed by atoms with Crippen LogP contribution in [0.25, 0.3) is 0 Å². The van der Waals surface area contributed by atoms with E-state index >= 15 is 0 Å². The van der Waals surface area contributed by atoms with E-state index in [0.717, 1.165) is 0 Å². The predicted molar refractivity (Wildman–Crippen MR) is 50.1 cm³/mol. The van der Waals surface area contributed by atoms with Crippen LogP contribution in [0, 0.1) is 0 Å². The van der Waals surface area contributed by atoms with E-state index in [1.54, 1.807) is 24.3 Å². The fourth-order valence-electron chi connectivity index (χ4n) is 0.990. The number of carbonyl (C=O) groups is 1. The topological polar surface area (TPSA) is 66.8 Å². The number of carboxylic acids is 1. The van der Waals surface area contributed by atoms with Crippen LogP contribution in [0.3, 0.4) is 0 Å². The van der Waals surface area contributed by atoms with Crippen LogP contribution in [0.1, 0.15) is 12.5 Å². The Hall–Kier alpha value is -1.55. The summed E-state index contributed by atoms with van der Waals surface area (Å²) in [6.45, 7) is 1.28. The SMILES string of the molecule is C[C@@H](Oc1ccccc1CO)C(=O)O. The summed E-state index contributed by atoms with van der Waals surface area (Å²) in [5.74, 6) is -0.623. The Bertz CT molecular complexity index is 322. The molecule has 0 fully saturated rings. The average Bonchev–Trinajstić information content (AvgIpc) is 2.18. The Kier molecular flexibility index (Phi) is 3.48. The fraction of sp³-hybridized carbons (Fsp3) is 0.300. The lowest BCUT2D eigenvalue weighted by atomic mass is 10.2. The first-order valence-electron chi connectivity index (χ1n) is 4.23. The highest BCUT2D eigenvalue weighted by atomic mass is 16.5. The Morgan fingerprint density at radius 2 is 2.14 bits per heavy atom. The first-order chi connectivity index (χ1) is 6.65. The standard InChI is InChI=1S/C10H12O4/c1-7(10(12)13)14-9-5-3-2-4-8(9)6-11/h2-5,7,11H,6H2,1H3,(H,12,13)/t7-/m1/s1. The number of ether oxygens (including phenoxy) is 1. The number of hydrogen-bond donors (Lipinski definition) is 2. The summed E-state index contributed by atoms with van der Waals surface area (Å²) in [5, 5.41) is 17.6. The van der Waals surface area contributed by atoms with Crippen molar-refractivity contribution in [1.82, 2.24) is 0 Å². The molecule has 0 aliphatic rings. The third kappa shape index (κ3) is 2.47. The molecule has 0 aliphatic carbocycles. The van der Waals surface area contributed by atoms with Gasteiger partial charge in [0.05, 0.1) is 6.61 Å². The molecule has 0 amide bonds. The van der Waals surface area contributed by atoms with Crippen LogP contribution in [-0.2, 0) is 11.4 Å². The van der Waals surface area contributed by atoms with Crippen molar-refractivity contribution in [2.24, 2.45) is 0 Å². The van der Waals surface area contributed by atoms with Gasteiger partial charge in [-0.25, -0.2) is 4.79 Å². The van der Waals surface area contributed by atoms with E-state index in [4.69, 9.17) is 14.9 Å². The smallest absolute Gasteiger partial charge is 0.344 e. The molecular weight excluding hydrogens is 184 g/mol. The second-order valence-electron chi connectivity index (χ2n) is 2.86. The second kappa shape index (κ2) is 4.62. The van der Waals surface area contributed by atoms with Crippen molar-refractivity contribution in [3.05, 3.63) is 29.8 Å². The van der Waals surface area contributed by atoms with Gasteiger partial charge < -0.3 is 14.9 Å². The minimum absolute atomic E-state index is 0.164. The number of aliphatic hydroxyl groups is 1. The van der Waals surface area contributed by atoms with E-state index in [0.29, 0.717) is 11.3 Å². The van der Waals surface area contributed by atoms with Gasteiger partial charge in [-0.05, 0) is 13.0 Å². The molecule has 2 N–H and O–H groups in total. The molecular formula is C10H12O4. The second-order valence-corrected chi connectivity index (χ2v) is 2.86. The lowest BCUT2D eigenvalue weighted by molar-refractivity contribution is -0.144. The van der Waals surface area contributed by atoms with Crippen LogP contribution in [0.2, 0.25) is 0 Å². The van der Waals surface area contributed by atoms with Crippen LogP contribution < -0.4 is 4.74 Å². The first-order valence-corrected chi connectivity index (χ1v) is 4.23. The lowest BCUT2D eigenvalue weighted by Gasteiger charge is -2.12. The summed E-state index contributed by atoms with van der Waals surface area (Å²) in [4.78, 5) is 10.5. The number of benzene rings is 1. The average molecular weight is 196 g/mol. The van der Waals surface area contributed by atoms with E-state index in [1.165, 1.54) is 6.92 Å². The molecule has 0 saturated carbocycles. The van der Waals surface area contributed by atoms with E-state index < -0.39 is 12.1 Å². The molecule has 1 atom stereocenters. The highest BCUT2D eigenvalue weighted by molar-refractivity contribution is 5.72. The van der Waals surface area contributed by atoms with Crippen LogP contribution in [0.5, 0.6) is 5.75 Å². The van der Waals surface area contributed by atoms with Gasteiger partial charge in [-0.2, -0.15) is 0 Å². The van der Waals surface area contributed by atoms with Gasteiger partial charge in [-0.1, -0.05) is 18.2 Å². The summed E-state index contributed by atoms with van der Waals surface area (Å²) in [6, 6.07) is 6.79. The molecule has 1 rings (SSSR count). The molecule has 1 aromatic rings. The summed E-state index contributed by atoms with van der Waals surface area (Å²) in [5.41, 5.74) is 0.584. The summed E-state index contributed by atoms with van der Waals surface area (Å²) in [6.07, 6.45) is -0.914. The number of carboxylic acid groups (broad SMARTS) is 1. The molecule has 4 heteroatoms. The third-order valence-electron chi connectivity index (χ3n) is 1.79. The number of para-hydroxylation sites is 1. The molecule has 0 heterocycles. The van der Waals surface area contributed by atoms with Crippen molar-refractivity contribution in [2.75, 3.05) is 0 Å². The molecule has 0 saturated heterocycles. The monoisotopic (exact) mass is 196 g/mol. The minimum atomic E-state index is -1.03. The normalized spacial score (nSPS) is 12.1. The molecule has 1 aromatic carbocycles. The van der Waals surface area contributed by atoms with Gasteiger partial charge in [-0.3, -0.25) is 0 Å². The molecule has 4 nitrogen and oxygen atoms in total. The van der Waals surface area contributed by atoms with E-state index in [-0.39, 0.29) is 6.61 Å². The van der Waals surface area contributed by atoms with Crippen molar-refractivity contribution in [1.29, 1.82) is 0 Å². The van der Waals surface area contributed by atoms with Crippen LogP contribution >= 0.6 is 0 Å². The Labute approximate surface area is 81.8 Å². The molecule has 14 heavy (non-hydrogen) atoms. The molecule has 0 radical (unpaired) electrons. The predicted octanol–water partition coefficient (Wildman–Crippen LogP) is 1.03. The first kappa shape index (κ1) is 10.5. The van der Waals surface area contributed by atoms with Crippen LogP contribution in [0.15, 0.2) is 24.3 Å². The maximum Gasteiger partial charge on any atom is 0.344 e. The number of rotatable bonds is 4. The van der Waals surface area contributed by atoms with E-state index in [1.807, 2.05) is 0 Å². The van der Waals surface area contributed by atoms with Gasteiger partial charge in [0, 0.05) is 5.56 Å². The zero-order valence-electron chi connectivity index (χ0n) is 7.80. The number of hydrogen-bond acceptors (Lipinski definition) is 3. The summed E-state index contributed by atoms with van der Waals surface area (Å²) in [7, 11) is 0. The largest absolute Gasteiger partial charge is 0.479 e. The quantitative estimate of drug-likeness (QED) is 0.754. The van der Waals surface area contributed by atoms with Crippen molar-refractivity contribution in [2.45, 2.75) is 19.6 Å². The van der Waals surface area contributed by atoms with Crippen molar-refractivity contribution in [3.63, 3.8) is 0 Å². The fourth-order valence-corrected chi connectivity index (χ4v) is 0.990. The molecule has 0 bridgehead atoms. The molecule has 0 aliphatic heterocycles. The minimum Gasteiger partial charge on any atom is -0.479 e. The maximum absolute atomic E-state index is 10.5. The van der Waals surface area contributed by atoms with Gasteiger partial charge in [0.1, 0.15) is 5.75 Å². The summed E-state index contributed by atoms with van der Waals surface area (Å²) < 4.78 is 5.14. The Balaban J connectivity index is 2.80. The van der Waals surface area contributed by atoms with E-state index in [9.17, 15) is 4.79 Å². The molecule has 0 spiro atoms. The van der Waals surface area contributed by atoms with Crippen molar-refractivity contribution in [3.8, 4) is 5.75 Å². The maximum atomic E-state index is 10.5. The Morgan fingerprint density at radius 1 is 1.50 bits per heavy atom. The van der Waals surface area contributed by atoms with Crippen LogP contribution in [-0.4, -0.2) is 22.3 Å².